The third-order valence-electron chi connectivity index (χ3n) is 4.69. The van der Waals surface area contributed by atoms with Crippen molar-refractivity contribution in [1.82, 2.24) is 9.99 Å². The fraction of sp³-hybridized carbons (Fsp3) is 0.250. The largest absolute Gasteiger partial charge is 0.497 e. The van der Waals surface area contributed by atoms with Gasteiger partial charge in [0.15, 0.2) is 0 Å². The number of nitrogens with zero attached hydrogens (tertiary/aromatic N) is 3. The highest BCUT2D eigenvalue weighted by Crippen LogP contribution is 2.39. The molecule has 1 atom stereocenters. The van der Waals surface area contributed by atoms with Crippen LogP contribution in [0.3, 0.4) is 0 Å². The molecule has 1 aliphatic heterocycles. The summed E-state index contributed by atoms with van der Waals surface area (Å²) in [5, 5.41) is 9.18. The molecule has 144 valence electrons. The topological polar surface area (TPSA) is 64.0 Å². The van der Waals surface area contributed by atoms with E-state index in [-0.39, 0.29) is 11.9 Å². The van der Waals surface area contributed by atoms with Gasteiger partial charge in [-0.15, -0.1) is 11.3 Å². The zero-order chi connectivity index (χ0) is 19.8. The van der Waals surface area contributed by atoms with Crippen molar-refractivity contribution in [3.8, 4) is 11.5 Å². The Hall–Kier alpha value is -2.64. The first kappa shape index (κ1) is 18.7. The van der Waals surface area contributed by atoms with E-state index < -0.39 is 0 Å². The van der Waals surface area contributed by atoms with E-state index in [0.29, 0.717) is 28.6 Å². The van der Waals surface area contributed by atoms with E-state index in [9.17, 15) is 4.79 Å². The van der Waals surface area contributed by atoms with Gasteiger partial charge in [-0.2, -0.15) is 5.10 Å². The molecule has 0 saturated carbocycles. The van der Waals surface area contributed by atoms with Crippen LogP contribution in [0.25, 0.3) is 10.9 Å². The minimum Gasteiger partial charge on any atom is -0.497 e. The summed E-state index contributed by atoms with van der Waals surface area (Å²) in [7, 11) is 3.17. The molecule has 1 aliphatic rings. The summed E-state index contributed by atoms with van der Waals surface area (Å²) in [5.41, 5.74) is 2.26. The summed E-state index contributed by atoms with van der Waals surface area (Å²) in [6, 6.07) is 9.23. The number of aromatic nitrogens is 1. The number of hydrogen-bond acceptors (Lipinski definition) is 6. The number of benzene rings is 1. The maximum absolute atomic E-state index is 12.2. The molecule has 2 aromatic heterocycles. The maximum atomic E-state index is 12.2. The second-order valence-corrected chi connectivity index (χ2v) is 7.68. The Morgan fingerprint density at radius 2 is 2.11 bits per heavy atom. The average Bonchev–Trinajstić information content (AvgIpc) is 3.36. The van der Waals surface area contributed by atoms with E-state index in [1.54, 1.807) is 31.6 Å². The second-order valence-electron chi connectivity index (χ2n) is 6.38. The smallest absolute Gasteiger partial charge is 0.240 e. The molecule has 6 nitrogen and oxygen atoms in total. The number of pyridine rings is 1. The van der Waals surface area contributed by atoms with Gasteiger partial charge < -0.3 is 9.47 Å². The van der Waals surface area contributed by atoms with Gasteiger partial charge in [-0.25, -0.2) is 9.99 Å². The molecule has 3 heterocycles. The molecule has 28 heavy (non-hydrogen) atoms. The van der Waals surface area contributed by atoms with Gasteiger partial charge in [0.25, 0.3) is 0 Å². The second kappa shape index (κ2) is 7.41. The van der Waals surface area contributed by atoms with Crippen LogP contribution < -0.4 is 9.47 Å². The Morgan fingerprint density at radius 3 is 2.75 bits per heavy atom. The number of rotatable bonds is 4. The number of methoxy groups -OCH3 is 2. The molecule has 0 saturated heterocycles. The third-order valence-corrected chi connectivity index (χ3v) is 5.91. The summed E-state index contributed by atoms with van der Waals surface area (Å²) in [4.78, 5) is 17.8. The maximum Gasteiger partial charge on any atom is 0.240 e. The van der Waals surface area contributed by atoms with E-state index >= 15 is 0 Å². The highest BCUT2D eigenvalue weighted by molar-refractivity contribution is 7.12. The van der Waals surface area contributed by atoms with E-state index in [1.807, 2.05) is 29.6 Å². The normalized spacial score (nSPS) is 16.4. The molecular formula is C20H18ClN3O3S. The average molecular weight is 416 g/mol. The van der Waals surface area contributed by atoms with Crippen LogP contribution in [0.15, 0.2) is 40.8 Å². The lowest BCUT2D eigenvalue weighted by Crippen LogP contribution is -2.24. The molecule has 0 aliphatic carbocycles. The number of fused-ring (bicyclic) bond motifs is 1. The van der Waals surface area contributed by atoms with E-state index in [4.69, 9.17) is 21.1 Å². The van der Waals surface area contributed by atoms with E-state index in [0.717, 1.165) is 21.5 Å². The van der Waals surface area contributed by atoms with Crippen LogP contribution in [0.4, 0.5) is 0 Å². The quantitative estimate of drug-likeness (QED) is 0.581. The van der Waals surface area contributed by atoms with E-state index in [2.05, 4.69) is 10.1 Å². The first-order valence-corrected chi connectivity index (χ1v) is 9.91. The standard InChI is InChI=1S/C20H18ClN3O3S/c1-11(25)24-16(10-15(23-24)18-5-4-6-28-18)14-8-12-7-13(26-2)9-17(27-3)19(12)22-20(14)21/h4-9,16H,10H2,1-3H3/t16-/m1/s1. The SMILES string of the molecule is COc1cc(OC)c2nc(Cl)c([C@H]3CC(c4cccs4)=NN3C(C)=O)cc2c1. The highest BCUT2D eigenvalue weighted by Gasteiger charge is 2.33. The molecule has 0 N–H and O–H groups in total. The van der Waals surface area contributed by atoms with Crippen molar-refractivity contribution in [2.75, 3.05) is 14.2 Å². The molecule has 8 heteroatoms. The van der Waals surface area contributed by atoms with Crippen molar-refractivity contribution in [3.63, 3.8) is 0 Å². The summed E-state index contributed by atoms with van der Waals surface area (Å²) in [5.74, 6) is 1.09. The van der Waals surface area contributed by atoms with Crippen molar-refractivity contribution < 1.29 is 14.3 Å². The monoisotopic (exact) mass is 415 g/mol. The Morgan fingerprint density at radius 1 is 1.29 bits per heavy atom. The first-order valence-electron chi connectivity index (χ1n) is 8.65. The summed E-state index contributed by atoms with van der Waals surface area (Å²) in [6.07, 6.45) is 0.577. The lowest BCUT2D eigenvalue weighted by molar-refractivity contribution is -0.130. The lowest BCUT2D eigenvalue weighted by atomic mass is 10.0. The zero-order valence-corrected chi connectivity index (χ0v) is 17.2. The van der Waals surface area contributed by atoms with Crippen molar-refractivity contribution in [1.29, 1.82) is 0 Å². The molecule has 0 unspecified atom stereocenters. The molecule has 3 aromatic rings. The fourth-order valence-corrected chi connectivity index (χ4v) is 4.35. The van der Waals surface area contributed by atoms with Crippen molar-refractivity contribution in [2.24, 2.45) is 5.10 Å². The lowest BCUT2D eigenvalue weighted by Gasteiger charge is -2.22. The van der Waals surface area contributed by atoms with Gasteiger partial charge in [0.1, 0.15) is 22.2 Å². The van der Waals surface area contributed by atoms with Crippen LogP contribution >= 0.6 is 22.9 Å². The van der Waals surface area contributed by atoms with Gasteiger partial charge in [0, 0.05) is 30.4 Å². The van der Waals surface area contributed by atoms with Crippen molar-refractivity contribution in [2.45, 2.75) is 19.4 Å². The number of thiophene rings is 1. The Bertz CT molecular complexity index is 1080. The molecule has 1 amide bonds. The Kier molecular flexibility index (Phi) is 4.95. The van der Waals surface area contributed by atoms with Crippen LogP contribution in [-0.2, 0) is 4.79 Å². The minimum atomic E-state index is -0.309. The third kappa shape index (κ3) is 3.21. The molecular weight excluding hydrogens is 398 g/mol. The summed E-state index contributed by atoms with van der Waals surface area (Å²) >= 11 is 8.14. The number of hydrazone groups is 1. The Labute approximate surface area is 171 Å². The first-order chi connectivity index (χ1) is 13.5. The molecule has 0 radical (unpaired) electrons. The van der Waals surface area contributed by atoms with Gasteiger partial charge >= 0.3 is 0 Å². The number of halogens is 1. The van der Waals surface area contributed by atoms with Crippen LogP contribution in [0.2, 0.25) is 5.15 Å². The van der Waals surface area contributed by atoms with E-state index in [1.165, 1.54) is 11.9 Å². The van der Waals surface area contributed by atoms with Gasteiger partial charge in [-0.05, 0) is 23.6 Å². The summed E-state index contributed by atoms with van der Waals surface area (Å²) < 4.78 is 10.8. The van der Waals surface area contributed by atoms with Gasteiger partial charge in [0.05, 0.1) is 30.9 Å². The number of carbonyl (C=O) groups excluding carboxylic acids is 1. The predicted molar refractivity (Wildman–Crippen MR) is 111 cm³/mol. The molecule has 0 spiro atoms. The summed E-state index contributed by atoms with van der Waals surface area (Å²) in [6.45, 7) is 1.50. The van der Waals surface area contributed by atoms with Crippen LogP contribution in [0, 0.1) is 0 Å². The molecule has 0 bridgehead atoms. The van der Waals surface area contributed by atoms with Gasteiger partial charge in [0.2, 0.25) is 5.91 Å². The predicted octanol–water partition coefficient (Wildman–Crippen LogP) is 4.66. The fourth-order valence-electron chi connectivity index (χ4n) is 3.36. The van der Waals surface area contributed by atoms with Crippen molar-refractivity contribution >= 4 is 45.5 Å². The van der Waals surface area contributed by atoms with Gasteiger partial charge in [-0.3, -0.25) is 4.79 Å². The number of amides is 1. The zero-order valence-electron chi connectivity index (χ0n) is 15.6. The molecule has 1 aromatic carbocycles. The number of carbonyl (C=O) groups is 1. The molecule has 4 rings (SSSR count). The van der Waals surface area contributed by atoms with Crippen LogP contribution in [0.5, 0.6) is 11.5 Å². The number of ether oxygens (including phenoxy) is 2. The van der Waals surface area contributed by atoms with Crippen molar-refractivity contribution in [3.05, 3.63) is 51.3 Å². The molecule has 0 fully saturated rings. The highest BCUT2D eigenvalue weighted by atomic mass is 35.5. The van der Waals surface area contributed by atoms with Crippen LogP contribution in [0.1, 0.15) is 29.8 Å². The Balaban J connectivity index is 1.81. The van der Waals surface area contributed by atoms with Gasteiger partial charge in [-0.1, -0.05) is 17.7 Å². The number of hydrogen-bond donors (Lipinski definition) is 0. The van der Waals surface area contributed by atoms with Crippen LogP contribution in [-0.4, -0.2) is 35.8 Å². The minimum absolute atomic E-state index is 0.143.